The highest BCUT2D eigenvalue weighted by Gasteiger charge is 2.35. The highest BCUT2D eigenvalue weighted by molar-refractivity contribution is 7.15. The zero-order valence-corrected chi connectivity index (χ0v) is 20.8. The fraction of sp³-hybridized carbons (Fsp3) is 0.481. The number of rotatable bonds is 9. The summed E-state index contributed by atoms with van der Waals surface area (Å²) < 4.78 is 0. The molecule has 3 heterocycles. The van der Waals surface area contributed by atoms with Crippen molar-refractivity contribution in [3.05, 3.63) is 52.8 Å². The van der Waals surface area contributed by atoms with Gasteiger partial charge in [0, 0.05) is 18.8 Å². The normalized spacial score (nSPS) is 21.0. The van der Waals surface area contributed by atoms with Gasteiger partial charge >= 0.3 is 5.97 Å². The molecule has 184 valence electrons. The topological polar surface area (TPSA) is 108 Å². The molecule has 3 aromatic heterocycles. The Bertz CT molecular complexity index is 1190. The molecule has 3 aromatic rings. The zero-order chi connectivity index (χ0) is 24.4. The molecule has 3 unspecified atom stereocenters. The van der Waals surface area contributed by atoms with Gasteiger partial charge in [-0.3, -0.25) is 4.79 Å². The van der Waals surface area contributed by atoms with Gasteiger partial charge in [0.15, 0.2) is 0 Å². The molecule has 2 aliphatic rings. The number of aliphatic hydroxyl groups excluding tert-OH is 1. The number of anilines is 2. The van der Waals surface area contributed by atoms with Gasteiger partial charge in [0.1, 0.15) is 11.6 Å². The minimum absolute atomic E-state index is 0.167. The number of aliphatic carboxylic acids is 1. The second-order valence-corrected chi connectivity index (χ2v) is 11.0. The Kier molecular flexibility index (Phi) is 7.11. The van der Waals surface area contributed by atoms with Gasteiger partial charge < -0.3 is 15.5 Å². The monoisotopic (exact) mass is 492 g/mol. The van der Waals surface area contributed by atoms with E-state index in [4.69, 9.17) is 4.98 Å². The first-order chi connectivity index (χ1) is 17.0. The van der Waals surface area contributed by atoms with Gasteiger partial charge in [-0.2, -0.15) is 0 Å². The number of aryl methyl sites for hydroxylation is 2. The molecule has 3 atom stereocenters. The van der Waals surface area contributed by atoms with Gasteiger partial charge in [0.05, 0.1) is 27.6 Å². The molecule has 2 fully saturated rings. The minimum atomic E-state index is -0.783. The van der Waals surface area contributed by atoms with Gasteiger partial charge in [0.2, 0.25) is 0 Å². The lowest BCUT2D eigenvalue weighted by molar-refractivity contribution is -0.147. The molecule has 0 aromatic carbocycles. The third-order valence-electron chi connectivity index (χ3n) is 7.15. The smallest absolute Gasteiger partial charge is 0.306 e. The molecule has 0 amide bonds. The molecular weight excluding hydrogens is 460 g/mol. The largest absolute Gasteiger partial charge is 0.481 e. The van der Waals surface area contributed by atoms with E-state index in [1.54, 1.807) is 11.3 Å². The van der Waals surface area contributed by atoms with E-state index in [0.717, 1.165) is 52.0 Å². The fourth-order valence-electron chi connectivity index (χ4n) is 5.13. The summed E-state index contributed by atoms with van der Waals surface area (Å²) >= 11 is 1.58. The molecule has 0 aliphatic heterocycles. The number of carboxylic acids is 1. The van der Waals surface area contributed by atoms with Crippen LogP contribution in [0.2, 0.25) is 0 Å². The average molecular weight is 493 g/mol. The van der Waals surface area contributed by atoms with Crippen molar-refractivity contribution < 1.29 is 15.0 Å². The molecule has 35 heavy (non-hydrogen) atoms. The number of nitrogens with zero attached hydrogens (tertiary/aromatic N) is 3. The maximum Gasteiger partial charge on any atom is 0.306 e. The van der Waals surface area contributed by atoms with Crippen molar-refractivity contribution in [3.8, 4) is 10.6 Å². The number of aromatic nitrogens is 3. The first-order valence-corrected chi connectivity index (χ1v) is 13.4. The predicted molar refractivity (Wildman–Crippen MR) is 137 cm³/mol. The third-order valence-corrected chi connectivity index (χ3v) is 8.23. The Labute approximate surface area is 209 Å². The Morgan fingerprint density at radius 1 is 1.14 bits per heavy atom. The Hall–Kier alpha value is -2.84. The molecule has 0 radical (unpaired) electrons. The van der Waals surface area contributed by atoms with Crippen molar-refractivity contribution in [1.29, 1.82) is 0 Å². The van der Waals surface area contributed by atoms with E-state index in [2.05, 4.69) is 27.4 Å². The van der Waals surface area contributed by atoms with Crippen molar-refractivity contribution >= 4 is 28.9 Å². The molecule has 0 bridgehead atoms. The number of carbonyl (C=O) groups is 1. The Balaban J connectivity index is 1.25. The van der Waals surface area contributed by atoms with Crippen LogP contribution in [0.4, 0.5) is 11.6 Å². The second-order valence-electron chi connectivity index (χ2n) is 9.91. The fourth-order valence-corrected chi connectivity index (χ4v) is 6.02. The molecule has 2 aliphatic carbocycles. The van der Waals surface area contributed by atoms with Gasteiger partial charge in [-0.15, -0.1) is 11.3 Å². The summed E-state index contributed by atoms with van der Waals surface area (Å²) in [4.78, 5) is 26.4. The quantitative estimate of drug-likeness (QED) is 0.351. The number of carboxylic acid groups (broad SMARTS) is 1. The van der Waals surface area contributed by atoms with E-state index in [0.29, 0.717) is 25.2 Å². The molecule has 8 heteroatoms. The summed E-state index contributed by atoms with van der Waals surface area (Å²) in [6, 6.07) is 8.25. The number of hydrogen-bond acceptors (Lipinski definition) is 7. The van der Waals surface area contributed by atoms with Crippen LogP contribution in [0.1, 0.15) is 67.0 Å². The van der Waals surface area contributed by atoms with E-state index in [-0.39, 0.29) is 5.92 Å². The summed E-state index contributed by atoms with van der Waals surface area (Å²) in [5, 5.41) is 24.5. The Morgan fingerprint density at radius 2 is 1.97 bits per heavy atom. The van der Waals surface area contributed by atoms with Crippen LogP contribution in [-0.4, -0.2) is 37.2 Å². The summed E-state index contributed by atoms with van der Waals surface area (Å²) in [5.74, 6) is 0.839. The summed E-state index contributed by atoms with van der Waals surface area (Å²) in [5.41, 5.74) is 3.28. The lowest BCUT2D eigenvalue weighted by Gasteiger charge is -2.32. The molecule has 7 nitrogen and oxygen atoms in total. The number of thiazole rings is 1. The first kappa shape index (κ1) is 23.9. The minimum Gasteiger partial charge on any atom is -0.481 e. The number of pyridine rings is 2. The van der Waals surface area contributed by atoms with E-state index in [9.17, 15) is 15.0 Å². The van der Waals surface area contributed by atoms with Crippen molar-refractivity contribution in [2.75, 3.05) is 5.32 Å². The van der Waals surface area contributed by atoms with Crippen molar-refractivity contribution in [2.24, 2.45) is 11.8 Å². The molecule has 3 N–H and O–H groups in total. The van der Waals surface area contributed by atoms with Crippen LogP contribution in [0.25, 0.3) is 10.6 Å². The van der Waals surface area contributed by atoms with Crippen LogP contribution in [0.3, 0.4) is 0 Å². The van der Waals surface area contributed by atoms with Gasteiger partial charge in [0.25, 0.3) is 0 Å². The summed E-state index contributed by atoms with van der Waals surface area (Å²) in [6.45, 7) is 2.05. The maximum absolute atomic E-state index is 11.6. The lowest BCUT2D eigenvalue weighted by atomic mass is 9.75. The first-order valence-electron chi connectivity index (χ1n) is 12.5. The van der Waals surface area contributed by atoms with Gasteiger partial charge in [-0.25, -0.2) is 15.0 Å². The van der Waals surface area contributed by atoms with Crippen molar-refractivity contribution in [2.45, 2.75) is 70.3 Å². The lowest BCUT2D eigenvalue weighted by Crippen LogP contribution is -2.35. The molecule has 0 spiro atoms. The zero-order valence-electron chi connectivity index (χ0n) is 20.0. The maximum atomic E-state index is 11.6. The number of nitrogens with one attached hydrogen (secondary N) is 1. The predicted octanol–water partition coefficient (Wildman–Crippen LogP) is 5.71. The molecular formula is C27H32N4O3S. The standard InChI is InChI=1S/C27H32N4O3S/c1-16-12-21(30-25(13-16)31-24-14-18(10-11-28-24)17-6-7-17)23-15-29-26(35-23)9-8-22(32)19-4-2-3-5-20(19)27(33)34/h10-15,17,19-20,22,32H,2-9H2,1H3,(H,33,34)(H,28,30,31). The number of hydrogen-bond donors (Lipinski definition) is 3. The third kappa shape index (κ3) is 5.87. The van der Waals surface area contributed by atoms with Crippen molar-refractivity contribution in [3.63, 3.8) is 0 Å². The highest BCUT2D eigenvalue weighted by Crippen LogP contribution is 2.40. The van der Waals surface area contributed by atoms with Crippen LogP contribution in [-0.2, 0) is 11.2 Å². The number of aliphatic hydroxyl groups is 1. The highest BCUT2D eigenvalue weighted by atomic mass is 32.1. The van der Waals surface area contributed by atoms with E-state index >= 15 is 0 Å². The molecule has 0 saturated heterocycles. The molecule has 5 rings (SSSR count). The van der Waals surface area contributed by atoms with Crippen molar-refractivity contribution in [1.82, 2.24) is 15.0 Å². The summed E-state index contributed by atoms with van der Waals surface area (Å²) in [6.07, 6.45) is 10.1. The average Bonchev–Trinajstić information content (AvgIpc) is 3.60. The SMILES string of the molecule is Cc1cc(Nc2cc(C3CC3)ccn2)nc(-c2cnc(CCC(O)C3CCCCC3C(=O)O)s2)c1. The van der Waals surface area contributed by atoms with Gasteiger partial charge in [-0.1, -0.05) is 12.8 Å². The van der Waals surface area contributed by atoms with Crippen LogP contribution in [0.15, 0.2) is 36.7 Å². The van der Waals surface area contributed by atoms with Gasteiger partial charge in [-0.05, 0) is 86.3 Å². The summed E-state index contributed by atoms with van der Waals surface area (Å²) in [7, 11) is 0. The Morgan fingerprint density at radius 3 is 2.77 bits per heavy atom. The van der Waals surface area contributed by atoms with E-state index < -0.39 is 18.0 Å². The second kappa shape index (κ2) is 10.4. The van der Waals surface area contributed by atoms with E-state index in [1.165, 1.54) is 18.4 Å². The molecule has 2 saturated carbocycles. The van der Waals surface area contributed by atoms with Crippen LogP contribution in [0.5, 0.6) is 0 Å². The van der Waals surface area contributed by atoms with E-state index in [1.807, 2.05) is 31.5 Å². The van der Waals surface area contributed by atoms with Crippen LogP contribution < -0.4 is 5.32 Å². The van der Waals surface area contributed by atoms with Crippen LogP contribution >= 0.6 is 11.3 Å². The van der Waals surface area contributed by atoms with Crippen LogP contribution in [0, 0.1) is 18.8 Å².